The number of nitrogens with zero attached hydrogens (tertiary/aromatic N) is 1. The Labute approximate surface area is 165 Å². The third-order valence-electron chi connectivity index (χ3n) is 4.66. The molecule has 0 saturated carbocycles. The molecule has 0 aliphatic carbocycles. The van der Waals surface area contributed by atoms with Crippen LogP contribution in [0.3, 0.4) is 0 Å². The number of nitrogens with one attached hydrogen (secondary N) is 1. The lowest BCUT2D eigenvalue weighted by Crippen LogP contribution is -2.35. The van der Waals surface area contributed by atoms with Crippen LogP contribution in [0.2, 0.25) is 5.02 Å². The summed E-state index contributed by atoms with van der Waals surface area (Å²) in [5.41, 5.74) is 1.98. The van der Waals surface area contributed by atoms with Crippen molar-refractivity contribution in [2.45, 2.75) is 25.5 Å². The topological polar surface area (TPSA) is 41.6 Å². The maximum atomic E-state index is 12.0. The Kier molecular flexibility index (Phi) is 6.91. The van der Waals surface area contributed by atoms with Gasteiger partial charge in [0.2, 0.25) is 5.91 Å². The van der Waals surface area contributed by atoms with E-state index in [-0.39, 0.29) is 5.91 Å². The third kappa shape index (κ3) is 6.42. The molecule has 1 fully saturated rings. The smallest absolute Gasteiger partial charge is 0.244 e. The van der Waals surface area contributed by atoms with Gasteiger partial charge in [-0.3, -0.25) is 4.79 Å². The van der Waals surface area contributed by atoms with E-state index in [0.717, 1.165) is 42.8 Å². The second kappa shape index (κ2) is 9.58. The first-order valence-corrected chi connectivity index (χ1v) is 9.62. The summed E-state index contributed by atoms with van der Waals surface area (Å²) in [5, 5.41) is 3.57. The molecule has 0 radical (unpaired) electrons. The van der Waals surface area contributed by atoms with E-state index in [1.165, 1.54) is 6.08 Å². The van der Waals surface area contributed by atoms with Crippen molar-refractivity contribution in [2.75, 3.05) is 20.1 Å². The zero-order valence-electron chi connectivity index (χ0n) is 15.5. The Hall–Kier alpha value is -2.30. The number of rotatable bonds is 6. The predicted molar refractivity (Wildman–Crippen MR) is 110 cm³/mol. The molecule has 0 atom stereocenters. The van der Waals surface area contributed by atoms with Crippen molar-refractivity contribution < 1.29 is 9.53 Å². The van der Waals surface area contributed by atoms with Gasteiger partial charge in [0, 0.05) is 30.7 Å². The van der Waals surface area contributed by atoms with E-state index in [4.69, 9.17) is 16.3 Å². The summed E-state index contributed by atoms with van der Waals surface area (Å²) in [5.74, 6) is 0.763. The van der Waals surface area contributed by atoms with Gasteiger partial charge in [0.25, 0.3) is 0 Å². The molecule has 3 rings (SSSR count). The number of hydrogen-bond donors (Lipinski definition) is 1. The Morgan fingerprint density at radius 2 is 1.81 bits per heavy atom. The standard InChI is InChI=1S/C22H25ClN2O2/c1-25-14-12-21(13-15-25)27-20-9-4-18(5-10-20)16-24-22(26)11-6-17-2-7-19(23)8-3-17/h2-11,21H,12-16H2,1H3,(H,24,26)/b11-6+. The molecule has 0 aromatic heterocycles. The summed E-state index contributed by atoms with van der Waals surface area (Å²) in [6, 6.07) is 15.3. The fraction of sp³-hybridized carbons (Fsp3) is 0.318. The summed E-state index contributed by atoms with van der Waals surface area (Å²) in [4.78, 5) is 14.3. The molecule has 0 bridgehead atoms. The van der Waals surface area contributed by atoms with Gasteiger partial charge in [-0.15, -0.1) is 0 Å². The highest BCUT2D eigenvalue weighted by Crippen LogP contribution is 2.19. The molecule has 1 heterocycles. The van der Waals surface area contributed by atoms with Gasteiger partial charge in [-0.2, -0.15) is 0 Å². The van der Waals surface area contributed by atoms with Crippen LogP contribution in [-0.4, -0.2) is 37.0 Å². The average Bonchev–Trinajstić information content (AvgIpc) is 2.69. The fourth-order valence-electron chi connectivity index (χ4n) is 2.97. The largest absolute Gasteiger partial charge is 0.490 e. The van der Waals surface area contributed by atoms with Crippen molar-refractivity contribution >= 4 is 23.6 Å². The monoisotopic (exact) mass is 384 g/mol. The average molecular weight is 385 g/mol. The van der Waals surface area contributed by atoms with Crippen molar-refractivity contribution in [2.24, 2.45) is 0 Å². The molecule has 1 N–H and O–H groups in total. The van der Waals surface area contributed by atoms with Crippen molar-refractivity contribution in [1.82, 2.24) is 10.2 Å². The maximum Gasteiger partial charge on any atom is 0.244 e. The van der Waals surface area contributed by atoms with E-state index < -0.39 is 0 Å². The SMILES string of the molecule is CN1CCC(Oc2ccc(CNC(=O)/C=C/c3ccc(Cl)cc3)cc2)CC1. The molecule has 0 unspecified atom stereocenters. The van der Waals surface area contributed by atoms with Crippen LogP contribution in [0.1, 0.15) is 24.0 Å². The normalized spacial score (nSPS) is 15.8. The van der Waals surface area contributed by atoms with Gasteiger partial charge in [-0.1, -0.05) is 35.9 Å². The lowest BCUT2D eigenvalue weighted by atomic mass is 10.1. The molecule has 1 aliphatic heterocycles. The van der Waals surface area contributed by atoms with Crippen molar-refractivity contribution in [3.63, 3.8) is 0 Å². The van der Waals surface area contributed by atoms with E-state index in [1.54, 1.807) is 18.2 Å². The molecule has 1 aliphatic rings. The molecule has 2 aromatic carbocycles. The van der Waals surface area contributed by atoms with Crippen LogP contribution in [0.15, 0.2) is 54.6 Å². The van der Waals surface area contributed by atoms with Crippen LogP contribution < -0.4 is 10.1 Å². The van der Waals surface area contributed by atoms with E-state index >= 15 is 0 Å². The summed E-state index contributed by atoms with van der Waals surface area (Å²) < 4.78 is 6.05. The number of carbonyl (C=O) groups is 1. The minimum absolute atomic E-state index is 0.128. The van der Waals surface area contributed by atoms with Gasteiger partial charge in [-0.05, 0) is 61.4 Å². The van der Waals surface area contributed by atoms with Gasteiger partial charge in [0.15, 0.2) is 0 Å². The Morgan fingerprint density at radius 1 is 1.15 bits per heavy atom. The highest BCUT2D eigenvalue weighted by molar-refractivity contribution is 6.30. The highest BCUT2D eigenvalue weighted by Gasteiger charge is 2.17. The molecule has 27 heavy (non-hydrogen) atoms. The van der Waals surface area contributed by atoms with Crippen LogP contribution in [-0.2, 0) is 11.3 Å². The molecule has 0 spiro atoms. The molecule has 1 saturated heterocycles. The summed E-state index contributed by atoms with van der Waals surface area (Å²) in [6.45, 7) is 2.65. The molecule has 1 amide bonds. The maximum absolute atomic E-state index is 12.0. The van der Waals surface area contributed by atoms with E-state index in [2.05, 4.69) is 17.3 Å². The Bertz CT molecular complexity index is 764. The molecular weight excluding hydrogens is 360 g/mol. The number of ether oxygens (including phenoxy) is 1. The number of hydrogen-bond acceptors (Lipinski definition) is 3. The van der Waals surface area contributed by atoms with E-state index in [0.29, 0.717) is 17.7 Å². The van der Waals surface area contributed by atoms with Crippen LogP contribution in [0.25, 0.3) is 6.08 Å². The second-order valence-electron chi connectivity index (χ2n) is 6.87. The molecule has 2 aromatic rings. The number of piperidine rings is 1. The van der Waals surface area contributed by atoms with Crippen LogP contribution in [0.5, 0.6) is 5.75 Å². The van der Waals surface area contributed by atoms with Crippen molar-refractivity contribution in [3.8, 4) is 5.75 Å². The number of benzene rings is 2. The zero-order chi connectivity index (χ0) is 19.1. The molecule has 142 valence electrons. The van der Waals surface area contributed by atoms with E-state index in [1.807, 2.05) is 36.4 Å². The van der Waals surface area contributed by atoms with Gasteiger partial charge < -0.3 is 15.0 Å². The first kappa shape index (κ1) is 19.5. The number of likely N-dealkylation sites (tertiary alicyclic amines) is 1. The molecular formula is C22H25ClN2O2. The first-order valence-electron chi connectivity index (χ1n) is 9.24. The van der Waals surface area contributed by atoms with Gasteiger partial charge >= 0.3 is 0 Å². The Balaban J connectivity index is 1.44. The summed E-state index contributed by atoms with van der Waals surface area (Å²) >= 11 is 5.85. The fourth-order valence-corrected chi connectivity index (χ4v) is 3.10. The van der Waals surface area contributed by atoms with E-state index in [9.17, 15) is 4.79 Å². The lowest BCUT2D eigenvalue weighted by Gasteiger charge is -2.29. The summed E-state index contributed by atoms with van der Waals surface area (Å²) in [7, 11) is 2.14. The minimum atomic E-state index is -0.128. The van der Waals surface area contributed by atoms with Gasteiger partial charge in [-0.25, -0.2) is 0 Å². The van der Waals surface area contributed by atoms with Crippen molar-refractivity contribution in [1.29, 1.82) is 0 Å². The predicted octanol–water partition coefficient (Wildman–Crippen LogP) is 4.14. The highest BCUT2D eigenvalue weighted by atomic mass is 35.5. The van der Waals surface area contributed by atoms with Gasteiger partial charge in [0.1, 0.15) is 11.9 Å². The number of halogens is 1. The van der Waals surface area contributed by atoms with Crippen LogP contribution in [0, 0.1) is 0 Å². The van der Waals surface area contributed by atoms with Crippen LogP contribution >= 0.6 is 11.6 Å². The third-order valence-corrected chi connectivity index (χ3v) is 4.91. The molecule has 5 heteroatoms. The quantitative estimate of drug-likeness (QED) is 0.761. The number of carbonyl (C=O) groups excluding carboxylic acids is 1. The Morgan fingerprint density at radius 3 is 2.48 bits per heavy atom. The minimum Gasteiger partial charge on any atom is -0.490 e. The lowest BCUT2D eigenvalue weighted by molar-refractivity contribution is -0.116. The second-order valence-corrected chi connectivity index (χ2v) is 7.30. The van der Waals surface area contributed by atoms with Crippen LogP contribution in [0.4, 0.5) is 0 Å². The number of amides is 1. The van der Waals surface area contributed by atoms with Gasteiger partial charge in [0.05, 0.1) is 0 Å². The first-order chi connectivity index (χ1) is 13.1. The van der Waals surface area contributed by atoms with Crippen molar-refractivity contribution in [3.05, 3.63) is 70.8 Å². The molecule has 4 nitrogen and oxygen atoms in total. The summed E-state index contributed by atoms with van der Waals surface area (Å²) in [6.07, 6.45) is 5.72. The zero-order valence-corrected chi connectivity index (χ0v) is 16.3.